The van der Waals surface area contributed by atoms with E-state index in [0.717, 1.165) is 89.9 Å². The van der Waals surface area contributed by atoms with Gasteiger partial charge in [-0.2, -0.15) is 8.42 Å². The van der Waals surface area contributed by atoms with Crippen LogP contribution in [0.1, 0.15) is 129 Å². The monoisotopic (exact) mass is 915 g/mol. The molecule has 0 aromatic rings. The van der Waals surface area contributed by atoms with E-state index in [1.165, 1.54) is 0 Å². The zero-order valence-electron chi connectivity index (χ0n) is 38.3. The second kappa shape index (κ2) is 39.4. The Morgan fingerprint density at radius 2 is 1.02 bits per heavy atom. The molecule has 12 nitrogen and oxygen atoms in total. The fraction of sp³-hybridized carbons (Fsp3) is 0.569. The van der Waals surface area contributed by atoms with Gasteiger partial charge < -0.3 is 34.3 Å². The summed E-state index contributed by atoms with van der Waals surface area (Å²) in [6.45, 7) is 3.42. The third-order valence-corrected chi connectivity index (χ3v) is 10.4. The van der Waals surface area contributed by atoms with Crippen LogP contribution in [-0.4, -0.2) is 96.0 Å². The predicted molar refractivity (Wildman–Crippen MR) is 256 cm³/mol. The summed E-state index contributed by atoms with van der Waals surface area (Å²) in [5.74, 6) is -2.09. The molecule has 6 atom stereocenters. The van der Waals surface area contributed by atoms with Crippen molar-refractivity contribution >= 4 is 22.1 Å². The third kappa shape index (κ3) is 33.5. The minimum absolute atomic E-state index is 0.104. The van der Waals surface area contributed by atoms with E-state index in [1.54, 1.807) is 0 Å². The molecule has 0 saturated carbocycles. The van der Waals surface area contributed by atoms with Crippen LogP contribution in [0.3, 0.4) is 0 Å². The average molecular weight is 915 g/mol. The first-order valence-corrected chi connectivity index (χ1v) is 24.8. The van der Waals surface area contributed by atoms with Gasteiger partial charge in [0, 0.05) is 12.8 Å². The Morgan fingerprint density at radius 1 is 0.547 bits per heavy atom. The number of rotatable bonds is 36. The van der Waals surface area contributed by atoms with Crippen molar-refractivity contribution in [2.24, 2.45) is 0 Å². The van der Waals surface area contributed by atoms with E-state index in [0.29, 0.717) is 12.8 Å². The van der Waals surface area contributed by atoms with Crippen molar-refractivity contribution in [1.29, 1.82) is 0 Å². The molecule has 0 spiro atoms. The Hall–Kier alpha value is -3.95. The Labute approximate surface area is 384 Å². The number of aliphatic hydroxyl groups is 3. The largest absolute Gasteiger partial charge is 0.462 e. The number of aliphatic hydroxyl groups excluding tert-OH is 3. The number of carbonyl (C=O) groups is 2. The van der Waals surface area contributed by atoms with Gasteiger partial charge in [0.05, 0.1) is 6.61 Å². The van der Waals surface area contributed by atoms with Gasteiger partial charge in [-0.25, -0.2) is 0 Å². The highest BCUT2D eigenvalue weighted by Gasteiger charge is 2.46. The van der Waals surface area contributed by atoms with Crippen LogP contribution in [0.4, 0.5) is 0 Å². The maximum atomic E-state index is 12.8. The minimum atomic E-state index is -4.62. The van der Waals surface area contributed by atoms with E-state index in [1.807, 2.05) is 36.5 Å². The molecule has 0 radical (unpaired) electrons. The quantitative estimate of drug-likeness (QED) is 0.0154. The smallest absolute Gasteiger partial charge is 0.306 e. The molecular weight excluding hydrogens is 837 g/mol. The number of allylic oxidation sites excluding steroid dienone is 20. The summed E-state index contributed by atoms with van der Waals surface area (Å²) in [7, 11) is -4.62. The molecule has 1 fully saturated rings. The van der Waals surface area contributed by atoms with Crippen molar-refractivity contribution in [3.8, 4) is 0 Å². The molecule has 13 heteroatoms. The zero-order valence-corrected chi connectivity index (χ0v) is 39.1. The standard InChI is InChI=1S/C51H78O12S/c1-3-5-7-9-11-13-15-17-18-19-20-21-22-23-24-25-26-28-29-31-33-35-37-39-46(52)60-41-44(42-61-51-50(56)49(55)48(54)45(63-51)43-64(57,58)59)62-47(53)40-38-36-34-32-30-27-16-14-12-10-8-6-4-2/h5-8,10-14,16-18,20-21,23-24,26-28,30,44-45,48-51,54-56H,3-4,9,15,19,22,25,29,31-43H2,1-2H3,(H,57,58,59)/b7-5+,8-6+,12-10+,13-11+,16-14+,18-17+,21-20+,24-23+,28-26+,30-27+/t44?,45-,48-,49?,50?,51+/m1/s1. The van der Waals surface area contributed by atoms with E-state index in [2.05, 4.69) is 98.9 Å². The van der Waals surface area contributed by atoms with E-state index in [-0.39, 0.29) is 19.4 Å². The van der Waals surface area contributed by atoms with Crippen LogP contribution < -0.4 is 0 Å². The highest BCUT2D eigenvalue weighted by Crippen LogP contribution is 2.24. The summed E-state index contributed by atoms with van der Waals surface area (Å²) < 4.78 is 54.0. The fourth-order valence-electron chi connectivity index (χ4n) is 6.10. The first kappa shape index (κ1) is 58.1. The number of esters is 2. The van der Waals surface area contributed by atoms with E-state index in [9.17, 15) is 37.9 Å². The van der Waals surface area contributed by atoms with Crippen molar-refractivity contribution < 1.29 is 56.8 Å². The average Bonchev–Trinajstić information content (AvgIpc) is 3.26. The molecule has 64 heavy (non-hydrogen) atoms. The lowest BCUT2D eigenvalue weighted by molar-refractivity contribution is -0.297. The third-order valence-electron chi connectivity index (χ3n) is 9.63. The molecule has 360 valence electrons. The second-order valence-electron chi connectivity index (χ2n) is 15.4. The van der Waals surface area contributed by atoms with Crippen LogP contribution in [-0.2, 0) is 38.7 Å². The first-order valence-electron chi connectivity index (χ1n) is 23.1. The molecule has 0 aromatic carbocycles. The van der Waals surface area contributed by atoms with Crippen molar-refractivity contribution in [3.05, 3.63) is 122 Å². The zero-order chi connectivity index (χ0) is 46.9. The highest BCUT2D eigenvalue weighted by atomic mass is 32.2. The van der Waals surface area contributed by atoms with E-state index < -0.39 is 71.2 Å². The maximum absolute atomic E-state index is 12.8. The number of hydrogen-bond donors (Lipinski definition) is 4. The molecule has 1 heterocycles. The van der Waals surface area contributed by atoms with Crippen molar-refractivity contribution in [2.45, 2.75) is 166 Å². The summed E-state index contributed by atoms with van der Waals surface area (Å²) >= 11 is 0. The summed E-state index contributed by atoms with van der Waals surface area (Å²) in [6.07, 6.45) is 46.8. The van der Waals surface area contributed by atoms with Crippen LogP contribution in [0, 0.1) is 0 Å². The summed E-state index contributed by atoms with van der Waals surface area (Å²) in [6, 6.07) is 0. The summed E-state index contributed by atoms with van der Waals surface area (Å²) in [4.78, 5) is 25.4. The molecule has 1 aliphatic heterocycles. The molecule has 1 saturated heterocycles. The van der Waals surface area contributed by atoms with Gasteiger partial charge in [-0.15, -0.1) is 0 Å². The second-order valence-corrected chi connectivity index (χ2v) is 16.9. The Morgan fingerprint density at radius 3 is 1.58 bits per heavy atom. The van der Waals surface area contributed by atoms with Gasteiger partial charge in [0.2, 0.25) is 0 Å². The van der Waals surface area contributed by atoms with Gasteiger partial charge in [0.15, 0.2) is 12.4 Å². The van der Waals surface area contributed by atoms with Gasteiger partial charge in [-0.1, -0.05) is 155 Å². The van der Waals surface area contributed by atoms with Crippen LogP contribution in [0.25, 0.3) is 0 Å². The minimum Gasteiger partial charge on any atom is -0.462 e. The van der Waals surface area contributed by atoms with E-state index in [4.69, 9.17) is 18.9 Å². The lowest BCUT2D eigenvalue weighted by Gasteiger charge is -2.40. The summed E-state index contributed by atoms with van der Waals surface area (Å²) in [5.41, 5.74) is 0. The molecule has 0 aromatic heterocycles. The number of ether oxygens (including phenoxy) is 4. The van der Waals surface area contributed by atoms with Crippen LogP contribution in [0.5, 0.6) is 0 Å². The lowest BCUT2D eigenvalue weighted by atomic mass is 10.00. The van der Waals surface area contributed by atoms with Gasteiger partial charge in [0.25, 0.3) is 10.1 Å². The molecule has 0 amide bonds. The fourth-order valence-corrected chi connectivity index (χ4v) is 6.79. The molecule has 0 bridgehead atoms. The van der Waals surface area contributed by atoms with Crippen molar-refractivity contribution in [3.63, 3.8) is 0 Å². The van der Waals surface area contributed by atoms with E-state index >= 15 is 0 Å². The van der Waals surface area contributed by atoms with Gasteiger partial charge >= 0.3 is 11.9 Å². The maximum Gasteiger partial charge on any atom is 0.306 e. The van der Waals surface area contributed by atoms with Gasteiger partial charge in [0.1, 0.15) is 36.8 Å². The summed E-state index contributed by atoms with van der Waals surface area (Å²) in [5, 5.41) is 30.9. The Bertz CT molecular complexity index is 1640. The molecule has 4 N–H and O–H groups in total. The number of hydrogen-bond acceptors (Lipinski definition) is 11. The topological polar surface area (TPSA) is 186 Å². The lowest BCUT2D eigenvalue weighted by Crippen LogP contribution is -2.60. The SMILES string of the molecule is CC/C=C/C=C/C=C/C=C/CCCCCC(=O)OC(COC(=O)CCCCCC/C=C/C/C=C/C/C=C/C/C=C/C/C=C/C/C=C/CC)CO[C@H]1O[C@H](CS(=O)(=O)O)[C@@H](O)C(O)C1O. The predicted octanol–water partition coefficient (Wildman–Crippen LogP) is 9.78. The Kier molecular flexibility index (Phi) is 35.8. The van der Waals surface area contributed by atoms with Crippen molar-refractivity contribution in [1.82, 2.24) is 0 Å². The molecule has 1 rings (SSSR count). The first-order chi connectivity index (χ1) is 31.0. The molecule has 1 aliphatic rings. The number of unbranched alkanes of at least 4 members (excludes halogenated alkanes) is 7. The van der Waals surface area contributed by atoms with Crippen molar-refractivity contribution in [2.75, 3.05) is 19.0 Å². The van der Waals surface area contributed by atoms with Gasteiger partial charge in [-0.05, 0) is 83.5 Å². The normalized spacial score (nSPS) is 20.8. The van der Waals surface area contributed by atoms with Crippen LogP contribution >= 0.6 is 0 Å². The Balaban J connectivity index is 2.45. The number of carbonyl (C=O) groups excluding carboxylic acids is 2. The molecular formula is C51H78O12S. The van der Waals surface area contributed by atoms with Gasteiger partial charge in [-0.3, -0.25) is 14.1 Å². The molecule has 3 unspecified atom stereocenters. The van der Waals surface area contributed by atoms with Crippen LogP contribution in [0.15, 0.2) is 122 Å². The van der Waals surface area contributed by atoms with Crippen LogP contribution in [0.2, 0.25) is 0 Å². The molecule has 0 aliphatic carbocycles. The highest BCUT2D eigenvalue weighted by molar-refractivity contribution is 7.85.